The van der Waals surface area contributed by atoms with Gasteiger partial charge in [-0.25, -0.2) is 4.68 Å². The van der Waals surface area contributed by atoms with E-state index >= 15 is 0 Å². The number of carbonyl (C=O) groups excluding carboxylic acids is 1. The minimum atomic E-state index is -1.13. The summed E-state index contributed by atoms with van der Waals surface area (Å²) in [6.07, 6.45) is 0.197. The topological polar surface area (TPSA) is 80.5 Å². The molecule has 0 unspecified atom stereocenters. The van der Waals surface area contributed by atoms with Crippen molar-refractivity contribution in [2.45, 2.75) is 31.6 Å². The number of fused-ring (bicyclic) bond motifs is 1. The summed E-state index contributed by atoms with van der Waals surface area (Å²) in [5.74, 6) is 0.626. The number of amides is 1. The highest BCUT2D eigenvalue weighted by atomic mass is 16.5. The lowest BCUT2D eigenvalue weighted by Crippen LogP contribution is -2.58. The molecular formula is C20H22N4O3. The minimum absolute atomic E-state index is 0.0934. The third kappa shape index (κ3) is 3.64. The molecule has 1 saturated heterocycles. The molecule has 0 radical (unpaired) electrons. The Hall–Kier alpha value is -2.93. The Morgan fingerprint density at radius 2 is 1.96 bits per heavy atom. The van der Waals surface area contributed by atoms with Gasteiger partial charge in [0.15, 0.2) is 0 Å². The van der Waals surface area contributed by atoms with Crippen molar-refractivity contribution in [3.05, 3.63) is 54.6 Å². The predicted molar refractivity (Wildman–Crippen MR) is 100 cm³/mol. The van der Waals surface area contributed by atoms with Crippen molar-refractivity contribution >= 4 is 16.9 Å². The molecule has 0 bridgehead atoms. The number of carbonyl (C=O) groups is 1. The number of para-hydroxylation sites is 2. The number of hydrogen-bond acceptors (Lipinski definition) is 5. The van der Waals surface area contributed by atoms with Gasteiger partial charge in [-0.2, -0.15) is 0 Å². The molecule has 0 aliphatic carbocycles. The van der Waals surface area contributed by atoms with Crippen LogP contribution in [0.4, 0.5) is 0 Å². The van der Waals surface area contributed by atoms with Crippen molar-refractivity contribution < 1.29 is 14.6 Å². The molecule has 2 aromatic carbocycles. The summed E-state index contributed by atoms with van der Waals surface area (Å²) in [4.78, 5) is 14.4. The van der Waals surface area contributed by atoms with Gasteiger partial charge in [0.2, 0.25) is 5.91 Å². The van der Waals surface area contributed by atoms with E-state index in [0.717, 1.165) is 16.8 Å². The number of benzene rings is 2. The van der Waals surface area contributed by atoms with Crippen LogP contribution in [0, 0.1) is 0 Å². The monoisotopic (exact) mass is 366 g/mol. The highest BCUT2D eigenvalue weighted by Gasteiger charge is 2.41. The fourth-order valence-corrected chi connectivity index (χ4v) is 3.48. The smallest absolute Gasteiger partial charge is 0.244 e. The summed E-state index contributed by atoms with van der Waals surface area (Å²) in [5, 5.41) is 19.0. The first-order valence-corrected chi connectivity index (χ1v) is 9.03. The molecule has 1 aromatic heterocycles. The minimum Gasteiger partial charge on any atom is -0.487 e. The lowest BCUT2D eigenvalue weighted by atomic mass is 9.91. The van der Waals surface area contributed by atoms with Gasteiger partial charge in [-0.05, 0) is 31.2 Å². The average molecular weight is 366 g/mol. The molecule has 0 saturated carbocycles. The SMILES string of the molecule is C[C@]1(O)CN(C(=O)Cn2nnc3ccccc32)CC[C@@H]1Oc1ccccc1. The van der Waals surface area contributed by atoms with E-state index in [-0.39, 0.29) is 25.1 Å². The van der Waals surface area contributed by atoms with Crippen LogP contribution in [0.1, 0.15) is 13.3 Å². The molecule has 1 aliphatic rings. The zero-order valence-corrected chi connectivity index (χ0v) is 15.2. The van der Waals surface area contributed by atoms with Crippen molar-refractivity contribution in [3.63, 3.8) is 0 Å². The molecule has 7 nitrogen and oxygen atoms in total. The largest absolute Gasteiger partial charge is 0.487 e. The van der Waals surface area contributed by atoms with Crippen molar-refractivity contribution in [1.82, 2.24) is 19.9 Å². The maximum atomic E-state index is 12.7. The number of ether oxygens (including phenoxy) is 1. The Balaban J connectivity index is 1.43. The van der Waals surface area contributed by atoms with Gasteiger partial charge in [0.25, 0.3) is 0 Å². The number of hydrogen-bond donors (Lipinski definition) is 1. The summed E-state index contributed by atoms with van der Waals surface area (Å²) in [6, 6.07) is 17.0. The van der Waals surface area contributed by atoms with Crippen LogP contribution in [0.3, 0.4) is 0 Å². The molecule has 2 atom stereocenters. The number of likely N-dealkylation sites (tertiary alicyclic amines) is 1. The average Bonchev–Trinajstić information content (AvgIpc) is 3.07. The van der Waals surface area contributed by atoms with Gasteiger partial charge in [0.1, 0.15) is 29.5 Å². The quantitative estimate of drug-likeness (QED) is 0.762. The summed E-state index contributed by atoms with van der Waals surface area (Å²) in [5.41, 5.74) is 0.445. The lowest BCUT2D eigenvalue weighted by molar-refractivity contribution is -0.146. The predicted octanol–water partition coefficient (Wildman–Crippen LogP) is 1.86. The fraction of sp³-hybridized carbons (Fsp3) is 0.350. The Labute approximate surface area is 157 Å². The number of aromatic nitrogens is 3. The van der Waals surface area contributed by atoms with Crippen LogP contribution in [0.5, 0.6) is 5.75 Å². The Morgan fingerprint density at radius 1 is 1.22 bits per heavy atom. The highest BCUT2D eigenvalue weighted by molar-refractivity contribution is 5.80. The normalized spacial score (nSPS) is 22.7. The van der Waals surface area contributed by atoms with Gasteiger partial charge in [-0.3, -0.25) is 4.79 Å². The number of aliphatic hydroxyl groups is 1. The van der Waals surface area contributed by atoms with Crippen LogP contribution in [-0.4, -0.2) is 55.7 Å². The van der Waals surface area contributed by atoms with E-state index in [4.69, 9.17) is 4.74 Å². The second-order valence-electron chi connectivity index (χ2n) is 7.12. The first-order valence-electron chi connectivity index (χ1n) is 9.03. The number of rotatable bonds is 4. The molecule has 3 aromatic rings. The second-order valence-corrected chi connectivity index (χ2v) is 7.12. The van der Waals surface area contributed by atoms with Crippen molar-refractivity contribution in [3.8, 4) is 5.75 Å². The van der Waals surface area contributed by atoms with Gasteiger partial charge in [-0.15, -0.1) is 5.10 Å². The van der Waals surface area contributed by atoms with Crippen LogP contribution in [0.15, 0.2) is 54.6 Å². The zero-order valence-electron chi connectivity index (χ0n) is 15.2. The Bertz CT molecular complexity index is 939. The summed E-state index contributed by atoms with van der Waals surface area (Å²) >= 11 is 0. The molecule has 1 fully saturated rings. The Kier molecular flexibility index (Phi) is 4.53. The van der Waals surface area contributed by atoms with E-state index < -0.39 is 5.60 Å². The van der Waals surface area contributed by atoms with Crippen molar-refractivity contribution in [1.29, 1.82) is 0 Å². The van der Waals surface area contributed by atoms with E-state index in [0.29, 0.717) is 13.0 Å². The molecule has 0 spiro atoms. The number of nitrogens with zero attached hydrogens (tertiary/aromatic N) is 4. The van der Waals surface area contributed by atoms with Crippen LogP contribution < -0.4 is 4.74 Å². The zero-order chi connectivity index (χ0) is 18.9. The van der Waals surface area contributed by atoms with Crippen LogP contribution in [0.2, 0.25) is 0 Å². The van der Waals surface area contributed by atoms with Gasteiger partial charge in [0.05, 0.1) is 12.1 Å². The van der Waals surface area contributed by atoms with E-state index in [1.807, 2.05) is 54.6 Å². The molecule has 1 aliphatic heterocycles. The molecule has 2 heterocycles. The third-order valence-electron chi connectivity index (χ3n) is 4.95. The fourth-order valence-electron chi connectivity index (χ4n) is 3.48. The van der Waals surface area contributed by atoms with E-state index in [9.17, 15) is 9.90 Å². The lowest BCUT2D eigenvalue weighted by Gasteiger charge is -2.42. The highest BCUT2D eigenvalue weighted by Crippen LogP contribution is 2.26. The van der Waals surface area contributed by atoms with Crippen LogP contribution >= 0.6 is 0 Å². The first kappa shape index (κ1) is 17.5. The molecule has 1 N–H and O–H groups in total. The van der Waals surface area contributed by atoms with Gasteiger partial charge in [0, 0.05) is 13.0 Å². The third-order valence-corrected chi connectivity index (χ3v) is 4.95. The number of piperidine rings is 1. The molecule has 140 valence electrons. The van der Waals surface area contributed by atoms with E-state index in [1.54, 1.807) is 16.5 Å². The molecule has 1 amide bonds. The standard InChI is InChI=1S/C20H22N4O3/c1-20(26)14-23(12-11-18(20)27-15-7-3-2-4-8-15)19(25)13-24-17-10-6-5-9-16(17)21-22-24/h2-10,18,26H,11-14H2,1H3/t18-,20-/m0/s1. The summed E-state index contributed by atoms with van der Waals surface area (Å²) in [7, 11) is 0. The van der Waals surface area contributed by atoms with Gasteiger partial charge in [-0.1, -0.05) is 35.5 Å². The van der Waals surface area contributed by atoms with Crippen molar-refractivity contribution in [2.24, 2.45) is 0 Å². The number of β-amino-alcohol motifs (C(OH)–C–C–N with tert-alkyl or cyclic N) is 1. The summed E-state index contributed by atoms with van der Waals surface area (Å²) in [6.45, 7) is 2.56. The maximum Gasteiger partial charge on any atom is 0.244 e. The first-order chi connectivity index (χ1) is 13.0. The maximum absolute atomic E-state index is 12.7. The molecule has 4 rings (SSSR count). The molecule has 7 heteroatoms. The second kappa shape index (κ2) is 7.00. The van der Waals surface area contributed by atoms with E-state index in [2.05, 4.69) is 10.3 Å². The summed E-state index contributed by atoms with van der Waals surface area (Å²) < 4.78 is 7.54. The molecular weight excluding hydrogens is 344 g/mol. The van der Waals surface area contributed by atoms with Gasteiger partial charge < -0.3 is 14.7 Å². The van der Waals surface area contributed by atoms with Crippen molar-refractivity contribution in [2.75, 3.05) is 13.1 Å². The van der Waals surface area contributed by atoms with Crippen LogP contribution in [0.25, 0.3) is 11.0 Å². The van der Waals surface area contributed by atoms with Gasteiger partial charge >= 0.3 is 0 Å². The van der Waals surface area contributed by atoms with E-state index in [1.165, 1.54) is 0 Å². The van der Waals surface area contributed by atoms with Crippen LogP contribution in [-0.2, 0) is 11.3 Å². The Morgan fingerprint density at radius 3 is 2.74 bits per heavy atom. The molecule has 27 heavy (non-hydrogen) atoms.